The number of anilines is 1. The quantitative estimate of drug-likeness (QED) is 0.258. The zero-order chi connectivity index (χ0) is 29.9. The molecule has 0 aromatic carbocycles. The molecule has 228 valence electrons. The second-order valence-corrected chi connectivity index (χ2v) is 13.8. The van der Waals surface area contributed by atoms with Gasteiger partial charge >= 0.3 is 5.97 Å². The van der Waals surface area contributed by atoms with Crippen molar-refractivity contribution >= 4 is 29.0 Å². The van der Waals surface area contributed by atoms with E-state index in [0.29, 0.717) is 30.1 Å². The SMILES string of the molecule is COc1ccc(C2CCC(CN(C(=O)C3CCC(CC(=O)O)CC3)c3cc(-c4cnc(C5CC5)s4)ccn3)CC2)nc1C. The fraction of sp³-hybridized carbons (Fsp3) is 0.559. The number of rotatable bonds is 10. The fourth-order valence-electron chi connectivity index (χ4n) is 6.95. The average molecular weight is 603 g/mol. The molecule has 9 heteroatoms. The summed E-state index contributed by atoms with van der Waals surface area (Å²) in [6.45, 7) is 2.65. The minimum Gasteiger partial charge on any atom is -0.495 e. The minimum atomic E-state index is -0.749. The highest BCUT2D eigenvalue weighted by Crippen LogP contribution is 2.44. The maximum absolute atomic E-state index is 14.2. The Hall–Kier alpha value is -3.33. The van der Waals surface area contributed by atoms with Gasteiger partial charge in [0.1, 0.15) is 11.6 Å². The van der Waals surface area contributed by atoms with E-state index in [4.69, 9.17) is 14.7 Å². The largest absolute Gasteiger partial charge is 0.495 e. The van der Waals surface area contributed by atoms with Gasteiger partial charge in [-0.05, 0) is 113 Å². The third-order valence-corrected chi connectivity index (χ3v) is 10.9. The Kier molecular flexibility index (Phi) is 9.07. The topological polar surface area (TPSA) is 106 Å². The van der Waals surface area contributed by atoms with Crippen LogP contribution < -0.4 is 9.64 Å². The molecule has 0 spiro atoms. The van der Waals surface area contributed by atoms with Crippen LogP contribution in [0.15, 0.2) is 36.7 Å². The van der Waals surface area contributed by atoms with Crippen LogP contribution in [-0.2, 0) is 9.59 Å². The van der Waals surface area contributed by atoms with E-state index >= 15 is 0 Å². The summed E-state index contributed by atoms with van der Waals surface area (Å²) in [7, 11) is 1.68. The molecule has 43 heavy (non-hydrogen) atoms. The van der Waals surface area contributed by atoms with Crippen LogP contribution in [0.1, 0.15) is 98.9 Å². The molecule has 0 radical (unpaired) electrons. The van der Waals surface area contributed by atoms with Gasteiger partial charge in [0.2, 0.25) is 5.91 Å². The molecule has 3 fully saturated rings. The van der Waals surface area contributed by atoms with Crippen molar-refractivity contribution in [1.29, 1.82) is 0 Å². The van der Waals surface area contributed by atoms with Crippen molar-refractivity contribution in [1.82, 2.24) is 15.0 Å². The monoisotopic (exact) mass is 602 g/mol. The molecular formula is C34H42N4O4S. The van der Waals surface area contributed by atoms with Crippen molar-refractivity contribution in [3.05, 3.63) is 53.1 Å². The lowest BCUT2D eigenvalue weighted by molar-refractivity contribution is -0.138. The van der Waals surface area contributed by atoms with Crippen molar-refractivity contribution in [2.24, 2.45) is 17.8 Å². The average Bonchev–Trinajstić information content (AvgIpc) is 3.76. The lowest BCUT2D eigenvalue weighted by atomic mass is 9.78. The molecule has 3 aliphatic rings. The molecule has 3 aromatic rings. The summed E-state index contributed by atoms with van der Waals surface area (Å²) in [5.74, 6) is 2.41. The standard InChI is InChI=1S/C34H42N4O4S/c1-21-29(42-2)14-13-28(37-21)24-7-5-23(6-8-24)20-38(34(41)26-9-3-22(4-10-26)17-32(39)40)31-18-27(15-16-35-31)30-19-36-33(43-30)25-11-12-25/h13-16,18-19,22-26H,3-12,17,20H2,1-2H3,(H,39,40). The van der Waals surface area contributed by atoms with Crippen LogP contribution >= 0.6 is 11.3 Å². The first kappa shape index (κ1) is 29.7. The van der Waals surface area contributed by atoms with Gasteiger partial charge in [-0.15, -0.1) is 11.3 Å². The predicted octanol–water partition coefficient (Wildman–Crippen LogP) is 7.38. The number of thiazole rings is 1. The molecule has 0 saturated heterocycles. The lowest BCUT2D eigenvalue weighted by Gasteiger charge is -2.35. The van der Waals surface area contributed by atoms with E-state index in [1.54, 1.807) is 18.4 Å². The number of hydrogen-bond donors (Lipinski definition) is 1. The Morgan fingerprint density at radius 3 is 2.35 bits per heavy atom. The predicted molar refractivity (Wildman–Crippen MR) is 168 cm³/mol. The second kappa shape index (κ2) is 13.1. The van der Waals surface area contributed by atoms with E-state index in [1.807, 2.05) is 36.4 Å². The molecule has 0 unspecified atom stereocenters. The molecular weight excluding hydrogens is 560 g/mol. The summed E-state index contributed by atoms with van der Waals surface area (Å²) in [5, 5.41) is 10.5. The number of carboxylic acid groups (broad SMARTS) is 1. The number of carbonyl (C=O) groups excluding carboxylic acids is 1. The number of amides is 1. The summed E-state index contributed by atoms with van der Waals surface area (Å²) < 4.78 is 5.40. The number of nitrogens with zero attached hydrogens (tertiary/aromatic N) is 4. The van der Waals surface area contributed by atoms with Gasteiger partial charge in [-0.2, -0.15) is 0 Å². The van der Waals surface area contributed by atoms with Gasteiger partial charge in [-0.3, -0.25) is 19.5 Å². The van der Waals surface area contributed by atoms with Gasteiger partial charge < -0.3 is 9.84 Å². The van der Waals surface area contributed by atoms with E-state index < -0.39 is 5.97 Å². The number of carbonyl (C=O) groups is 2. The summed E-state index contributed by atoms with van der Waals surface area (Å²) in [4.78, 5) is 42.7. The smallest absolute Gasteiger partial charge is 0.303 e. The van der Waals surface area contributed by atoms with Gasteiger partial charge in [0, 0.05) is 48.8 Å². The Morgan fingerprint density at radius 1 is 0.953 bits per heavy atom. The zero-order valence-electron chi connectivity index (χ0n) is 25.2. The van der Waals surface area contributed by atoms with E-state index in [9.17, 15) is 14.7 Å². The van der Waals surface area contributed by atoms with Crippen LogP contribution in [0.4, 0.5) is 5.82 Å². The third kappa shape index (κ3) is 7.08. The van der Waals surface area contributed by atoms with Gasteiger partial charge in [0.15, 0.2) is 0 Å². The third-order valence-electron chi connectivity index (χ3n) is 9.67. The van der Waals surface area contributed by atoms with E-state index in [2.05, 4.69) is 17.1 Å². The molecule has 6 rings (SSSR count). The highest BCUT2D eigenvalue weighted by Gasteiger charge is 2.34. The first-order valence-electron chi connectivity index (χ1n) is 15.8. The Balaban J connectivity index is 1.18. The number of pyridine rings is 2. The van der Waals surface area contributed by atoms with Crippen molar-refractivity contribution in [3.63, 3.8) is 0 Å². The first-order valence-corrected chi connectivity index (χ1v) is 16.7. The van der Waals surface area contributed by atoms with Crippen molar-refractivity contribution in [2.45, 2.75) is 89.4 Å². The normalized spacial score (nSPS) is 24.0. The van der Waals surface area contributed by atoms with Crippen molar-refractivity contribution in [2.75, 3.05) is 18.6 Å². The van der Waals surface area contributed by atoms with Crippen LogP contribution in [0.5, 0.6) is 5.75 Å². The number of methoxy groups -OCH3 is 1. The lowest BCUT2D eigenvalue weighted by Crippen LogP contribution is -2.42. The Bertz CT molecular complexity index is 1440. The molecule has 0 atom stereocenters. The summed E-state index contributed by atoms with van der Waals surface area (Å²) >= 11 is 1.75. The molecule has 0 bridgehead atoms. The van der Waals surface area contributed by atoms with Gasteiger partial charge in [0.25, 0.3) is 0 Å². The Labute approximate surface area is 257 Å². The van der Waals surface area contributed by atoms with Gasteiger partial charge in [-0.25, -0.2) is 9.97 Å². The molecule has 8 nitrogen and oxygen atoms in total. The second-order valence-electron chi connectivity index (χ2n) is 12.7. The number of aryl methyl sites for hydroxylation is 1. The van der Waals surface area contributed by atoms with Crippen LogP contribution in [0.25, 0.3) is 10.4 Å². The van der Waals surface area contributed by atoms with Crippen LogP contribution in [0.3, 0.4) is 0 Å². The van der Waals surface area contributed by atoms with E-state index in [-0.39, 0.29) is 24.2 Å². The minimum absolute atomic E-state index is 0.0943. The first-order chi connectivity index (χ1) is 20.9. The molecule has 3 heterocycles. The number of carboxylic acids is 1. The maximum atomic E-state index is 14.2. The highest BCUT2D eigenvalue weighted by molar-refractivity contribution is 7.15. The summed E-state index contributed by atoms with van der Waals surface area (Å²) in [6.07, 6.45) is 13.6. The number of aliphatic carboxylic acids is 1. The molecule has 3 aliphatic carbocycles. The molecule has 3 saturated carbocycles. The number of aromatic nitrogens is 3. The molecule has 0 aliphatic heterocycles. The Morgan fingerprint density at radius 2 is 1.67 bits per heavy atom. The zero-order valence-corrected chi connectivity index (χ0v) is 26.0. The van der Waals surface area contributed by atoms with Crippen LogP contribution in [0, 0.1) is 24.7 Å². The van der Waals surface area contributed by atoms with E-state index in [0.717, 1.165) is 78.9 Å². The highest BCUT2D eigenvalue weighted by atomic mass is 32.1. The van der Waals surface area contributed by atoms with Crippen molar-refractivity contribution in [3.8, 4) is 16.2 Å². The van der Waals surface area contributed by atoms with Crippen LogP contribution in [0.2, 0.25) is 0 Å². The van der Waals surface area contributed by atoms with Gasteiger partial charge in [-0.1, -0.05) is 0 Å². The fourth-order valence-corrected chi connectivity index (χ4v) is 8.03. The number of hydrogen-bond acceptors (Lipinski definition) is 7. The van der Waals surface area contributed by atoms with Crippen molar-refractivity contribution < 1.29 is 19.4 Å². The van der Waals surface area contributed by atoms with Gasteiger partial charge in [0.05, 0.1) is 22.7 Å². The summed E-state index contributed by atoms with van der Waals surface area (Å²) in [5.41, 5.74) is 3.11. The number of ether oxygens (including phenoxy) is 1. The molecule has 1 amide bonds. The van der Waals surface area contributed by atoms with E-state index in [1.165, 1.54) is 17.8 Å². The summed E-state index contributed by atoms with van der Waals surface area (Å²) in [6, 6.07) is 8.19. The maximum Gasteiger partial charge on any atom is 0.303 e. The van der Waals surface area contributed by atoms with Crippen LogP contribution in [-0.4, -0.2) is 45.6 Å². The molecule has 3 aromatic heterocycles. The molecule has 1 N–H and O–H groups in total.